The maximum absolute atomic E-state index is 5.94. The third kappa shape index (κ3) is 4.42. The van der Waals surface area contributed by atoms with E-state index >= 15 is 0 Å². The molecule has 94 valence electrons. The standard InChI is InChI=1S/C13H27N3/c1-4-10(2)11(3)15-13(14)16-12-8-6-5-7-9-12/h10-12H,4-9H2,1-3H3,(H3,14,15,16). The van der Waals surface area contributed by atoms with Crippen LogP contribution in [-0.2, 0) is 0 Å². The maximum Gasteiger partial charge on any atom is 0.189 e. The number of nitrogens with zero attached hydrogens (tertiary/aromatic N) is 1. The smallest absolute Gasteiger partial charge is 0.189 e. The lowest BCUT2D eigenvalue weighted by molar-refractivity contribution is 0.424. The number of nitrogens with two attached hydrogens (primary N) is 1. The van der Waals surface area contributed by atoms with Gasteiger partial charge >= 0.3 is 0 Å². The van der Waals surface area contributed by atoms with Crippen LogP contribution in [-0.4, -0.2) is 18.0 Å². The number of nitrogens with one attached hydrogen (secondary N) is 1. The van der Waals surface area contributed by atoms with Gasteiger partial charge < -0.3 is 11.1 Å². The van der Waals surface area contributed by atoms with Crippen molar-refractivity contribution >= 4 is 5.96 Å². The third-order valence-electron chi connectivity index (χ3n) is 3.77. The van der Waals surface area contributed by atoms with E-state index in [-0.39, 0.29) is 0 Å². The van der Waals surface area contributed by atoms with Gasteiger partial charge in [-0.25, -0.2) is 0 Å². The van der Waals surface area contributed by atoms with E-state index < -0.39 is 0 Å². The highest BCUT2D eigenvalue weighted by molar-refractivity contribution is 5.78. The van der Waals surface area contributed by atoms with Gasteiger partial charge in [-0.2, -0.15) is 0 Å². The van der Waals surface area contributed by atoms with Crippen molar-refractivity contribution in [3.8, 4) is 0 Å². The van der Waals surface area contributed by atoms with Crippen LogP contribution < -0.4 is 11.1 Å². The van der Waals surface area contributed by atoms with E-state index in [0.29, 0.717) is 24.0 Å². The molecule has 1 rings (SSSR count). The highest BCUT2D eigenvalue weighted by Gasteiger charge is 2.14. The molecule has 16 heavy (non-hydrogen) atoms. The van der Waals surface area contributed by atoms with Crippen molar-refractivity contribution in [2.75, 3.05) is 0 Å². The molecule has 0 saturated heterocycles. The fraction of sp³-hybridized carbons (Fsp3) is 0.923. The Morgan fingerprint density at radius 2 is 1.94 bits per heavy atom. The summed E-state index contributed by atoms with van der Waals surface area (Å²) in [5.41, 5.74) is 5.94. The molecule has 0 radical (unpaired) electrons. The normalized spacial score (nSPS) is 22.8. The van der Waals surface area contributed by atoms with E-state index in [9.17, 15) is 0 Å². The lowest BCUT2D eigenvalue weighted by Crippen LogP contribution is -2.42. The van der Waals surface area contributed by atoms with Crippen molar-refractivity contribution in [2.45, 2.75) is 71.4 Å². The summed E-state index contributed by atoms with van der Waals surface area (Å²) in [7, 11) is 0. The third-order valence-corrected chi connectivity index (χ3v) is 3.77. The summed E-state index contributed by atoms with van der Waals surface area (Å²) in [4.78, 5) is 4.58. The molecule has 0 aliphatic heterocycles. The van der Waals surface area contributed by atoms with Crippen LogP contribution in [0.2, 0.25) is 0 Å². The van der Waals surface area contributed by atoms with E-state index in [4.69, 9.17) is 5.73 Å². The van der Waals surface area contributed by atoms with E-state index in [1.165, 1.54) is 38.5 Å². The fourth-order valence-corrected chi connectivity index (χ4v) is 2.17. The Bertz CT molecular complexity index is 219. The van der Waals surface area contributed by atoms with Crippen molar-refractivity contribution in [1.82, 2.24) is 5.32 Å². The van der Waals surface area contributed by atoms with Gasteiger partial charge in [-0.15, -0.1) is 0 Å². The molecule has 3 heteroatoms. The molecule has 1 fully saturated rings. The van der Waals surface area contributed by atoms with Gasteiger partial charge in [-0.05, 0) is 25.7 Å². The second kappa shape index (κ2) is 6.77. The van der Waals surface area contributed by atoms with Crippen molar-refractivity contribution in [3.05, 3.63) is 0 Å². The molecule has 1 saturated carbocycles. The summed E-state index contributed by atoms with van der Waals surface area (Å²) < 4.78 is 0. The van der Waals surface area contributed by atoms with E-state index in [1.54, 1.807) is 0 Å². The molecule has 0 aromatic rings. The maximum atomic E-state index is 5.94. The lowest BCUT2D eigenvalue weighted by atomic mass is 9.96. The number of guanidine groups is 1. The monoisotopic (exact) mass is 225 g/mol. The van der Waals surface area contributed by atoms with Crippen LogP contribution >= 0.6 is 0 Å². The molecule has 1 aliphatic carbocycles. The Labute approximate surface area is 99.9 Å². The summed E-state index contributed by atoms with van der Waals surface area (Å²) in [6.07, 6.45) is 7.57. The zero-order valence-electron chi connectivity index (χ0n) is 11.0. The van der Waals surface area contributed by atoms with Gasteiger partial charge in [0.1, 0.15) is 0 Å². The predicted octanol–water partition coefficient (Wildman–Crippen LogP) is 2.66. The van der Waals surface area contributed by atoms with Crippen molar-refractivity contribution in [1.29, 1.82) is 0 Å². The zero-order valence-corrected chi connectivity index (χ0v) is 11.0. The molecule has 2 atom stereocenters. The number of hydrogen-bond acceptors (Lipinski definition) is 1. The Kier molecular flexibility index (Phi) is 5.64. The van der Waals surface area contributed by atoms with E-state index in [2.05, 4.69) is 31.1 Å². The van der Waals surface area contributed by atoms with E-state index in [1.807, 2.05) is 0 Å². The topological polar surface area (TPSA) is 50.4 Å². The fourth-order valence-electron chi connectivity index (χ4n) is 2.17. The van der Waals surface area contributed by atoms with Crippen LogP contribution in [0.5, 0.6) is 0 Å². The van der Waals surface area contributed by atoms with Gasteiger partial charge in [0.2, 0.25) is 0 Å². The van der Waals surface area contributed by atoms with Crippen molar-refractivity contribution in [2.24, 2.45) is 16.6 Å². The molecule has 0 heterocycles. The Hall–Kier alpha value is -0.730. The molecular weight excluding hydrogens is 198 g/mol. The SMILES string of the molecule is CCC(C)C(C)NC(N)=NC1CCCCC1. The predicted molar refractivity (Wildman–Crippen MR) is 70.5 cm³/mol. The summed E-state index contributed by atoms with van der Waals surface area (Å²) in [5.74, 6) is 1.28. The van der Waals surface area contributed by atoms with Gasteiger partial charge in [-0.3, -0.25) is 4.99 Å². The lowest BCUT2D eigenvalue weighted by Gasteiger charge is -2.23. The van der Waals surface area contributed by atoms with Gasteiger partial charge in [0.25, 0.3) is 0 Å². The van der Waals surface area contributed by atoms with Crippen LogP contribution in [0.1, 0.15) is 59.3 Å². The summed E-state index contributed by atoms with van der Waals surface area (Å²) in [6, 6.07) is 0.878. The minimum Gasteiger partial charge on any atom is -0.370 e. The molecule has 0 bridgehead atoms. The number of hydrogen-bond donors (Lipinski definition) is 2. The van der Waals surface area contributed by atoms with Crippen LogP contribution in [0, 0.1) is 5.92 Å². The van der Waals surface area contributed by atoms with E-state index in [0.717, 1.165) is 0 Å². The van der Waals surface area contributed by atoms with Crippen LogP contribution in [0.25, 0.3) is 0 Å². The van der Waals surface area contributed by atoms with Crippen LogP contribution in [0.15, 0.2) is 4.99 Å². The Morgan fingerprint density at radius 3 is 2.50 bits per heavy atom. The molecular formula is C13H27N3. The second-order valence-corrected chi connectivity index (χ2v) is 5.12. The minimum absolute atomic E-state index is 0.414. The van der Waals surface area contributed by atoms with Crippen LogP contribution in [0.4, 0.5) is 0 Å². The molecule has 0 aromatic heterocycles. The van der Waals surface area contributed by atoms with Crippen LogP contribution in [0.3, 0.4) is 0 Å². The molecule has 0 aromatic carbocycles. The summed E-state index contributed by atoms with van der Waals surface area (Å²) >= 11 is 0. The van der Waals surface area contributed by atoms with Gasteiger partial charge in [0, 0.05) is 6.04 Å². The molecule has 1 aliphatic rings. The number of rotatable bonds is 4. The molecule has 0 amide bonds. The molecule has 3 nitrogen and oxygen atoms in total. The highest BCUT2D eigenvalue weighted by Crippen LogP contribution is 2.20. The first-order valence-electron chi connectivity index (χ1n) is 6.73. The van der Waals surface area contributed by atoms with Crippen molar-refractivity contribution < 1.29 is 0 Å². The first-order chi connectivity index (χ1) is 7.63. The van der Waals surface area contributed by atoms with Gasteiger partial charge in [0.05, 0.1) is 6.04 Å². The molecule has 0 spiro atoms. The quantitative estimate of drug-likeness (QED) is 0.571. The zero-order chi connectivity index (χ0) is 12.0. The average Bonchev–Trinajstić information content (AvgIpc) is 2.29. The first kappa shape index (κ1) is 13.3. The van der Waals surface area contributed by atoms with Crippen molar-refractivity contribution in [3.63, 3.8) is 0 Å². The van der Waals surface area contributed by atoms with Gasteiger partial charge in [0.15, 0.2) is 5.96 Å². The minimum atomic E-state index is 0.414. The number of aliphatic imine (C=N–C) groups is 1. The Balaban J connectivity index is 2.37. The summed E-state index contributed by atoms with van der Waals surface area (Å²) in [5, 5.41) is 3.31. The highest BCUT2D eigenvalue weighted by atomic mass is 15.1. The van der Waals surface area contributed by atoms with Gasteiger partial charge in [-0.1, -0.05) is 39.5 Å². The Morgan fingerprint density at radius 1 is 1.31 bits per heavy atom. The molecule has 2 unspecified atom stereocenters. The summed E-state index contributed by atoms with van der Waals surface area (Å²) in [6.45, 7) is 6.63. The second-order valence-electron chi connectivity index (χ2n) is 5.12. The first-order valence-corrected chi connectivity index (χ1v) is 6.73. The average molecular weight is 225 g/mol. The largest absolute Gasteiger partial charge is 0.370 e. The molecule has 3 N–H and O–H groups in total.